The largest absolute Gasteiger partial charge is 0.426 e. The van der Waals surface area contributed by atoms with E-state index in [0.29, 0.717) is 28.9 Å². The maximum atomic E-state index is 10.9. The second-order valence-electron chi connectivity index (χ2n) is 5.28. The minimum Gasteiger partial charge on any atom is -0.426 e. The van der Waals surface area contributed by atoms with Crippen LogP contribution in [0.3, 0.4) is 0 Å². The zero-order chi connectivity index (χ0) is 18.4. The van der Waals surface area contributed by atoms with E-state index in [2.05, 4.69) is 14.1 Å². The number of hydrogen-bond donors (Lipinski definition) is 1. The van der Waals surface area contributed by atoms with Crippen LogP contribution in [0.1, 0.15) is 5.56 Å². The Bertz CT molecular complexity index is 860. The molecule has 26 heavy (non-hydrogen) atoms. The number of carbonyl (C=O) groups excluding carboxylic acids is 1. The molecular weight excluding hydrogens is 392 g/mol. The van der Waals surface area contributed by atoms with Crippen molar-refractivity contribution < 1.29 is 9.53 Å². The third-order valence-corrected chi connectivity index (χ3v) is 5.21. The minimum absolute atomic E-state index is 0.432. The van der Waals surface area contributed by atoms with Gasteiger partial charge in [-0.05, 0) is 47.8 Å². The fourth-order valence-electron chi connectivity index (χ4n) is 2.29. The second kappa shape index (κ2) is 8.88. The molecule has 0 aliphatic carbocycles. The highest BCUT2D eigenvalue weighted by Gasteiger charge is 2.12. The van der Waals surface area contributed by atoms with Gasteiger partial charge in [-0.25, -0.2) is 4.98 Å². The van der Waals surface area contributed by atoms with Gasteiger partial charge in [0.05, 0.1) is 5.69 Å². The van der Waals surface area contributed by atoms with Crippen molar-refractivity contribution in [1.82, 2.24) is 9.36 Å². The summed E-state index contributed by atoms with van der Waals surface area (Å²) in [4.78, 5) is 17.9. The molecule has 0 atom stereocenters. The van der Waals surface area contributed by atoms with Crippen LogP contribution in [0, 0.1) is 0 Å². The highest BCUT2D eigenvalue weighted by Crippen LogP contribution is 2.33. The smallest absolute Gasteiger partial charge is 0.298 e. The van der Waals surface area contributed by atoms with Crippen LogP contribution < -0.4 is 14.4 Å². The monoisotopic (exact) mass is 406 g/mol. The van der Waals surface area contributed by atoms with Gasteiger partial charge in [0.2, 0.25) is 5.13 Å². The van der Waals surface area contributed by atoms with Gasteiger partial charge >= 0.3 is 0 Å². The SMILES string of the molecule is CN(Cc1ccc(Cl)cc1)c1ccc(SNc2ncns2)cc1OC=O. The fourth-order valence-corrected chi connectivity index (χ4v) is 3.54. The van der Waals surface area contributed by atoms with E-state index in [1.165, 1.54) is 29.8 Å². The quantitative estimate of drug-likeness (QED) is 0.436. The van der Waals surface area contributed by atoms with Gasteiger partial charge in [0.1, 0.15) is 6.33 Å². The summed E-state index contributed by atoms with van der Waals surface area (Å²) in [5, 5.41) is 1.41. The van der Waals surface area contributed by atoms with E-state index in [-0.39, 0.29) is 0 Å². The molecule has 1 aromatic heterocycles. The molecule has 0 saturated heterocycles. The van der Waals surface area contributed by atoms with Gasteiger partial charge < -0.3 is 14.4 Å². The summed E-state index contributed by atoms with van der Waals surface area (Å²) in [7, 11) is 1.94. The molecule has 1 heterocycles. The molecule has 0 aliphatic rings. The van der Waals surface area contributed by atoms with Gasteiger partial charge in [-0.1, -0.05) is 23.7 Å². The van der Waals surface area contributed by atoms with E-state index in [9.17, 15) is 4.79 Å². The molecule has 0 radical (unpaired) electrons. The molecule has 0 spiro atoms. The maximum absolute atomic E-state index is 10.9. The first-order chi connectivity index (χ1) is 12.7. The molecule has 0 amide bonds. The predicted octanol–water partition coefficient (Wildman–Crippen LogP) is 4.48. The van der Waals surface area contributed by atoms with E-state index in [1.54, 1.807) is 6.07 Å². The zero-order valence-corrected chi connectivity index (χ0v) is 16.1. The highest BCUT2D eigenvalue weighted by molar-refractivity contribution is 8.00. The molecule has 0 unspecified atom stereocenters. The number of nitrogens with zero attached hydrogens (tertiary/aromatic N) is 3. The standard InChI is InChI=1S/C17H15ClN4O2S2/c1-22(9-12-2-4-13(18)5-3-12)15-7-6-14(8-16(15)24-11-23)25-21-17-19-10-20-26-17/h2-8,10-11H,9H2,1H3,(H,19,20,21). The minimum atomic E-state index is 0.432. The third kappa shape index (κ3) is 4.87. The van der Waals surface area contributed by atoms with Crippen molar-refractivity contribution in [2.75, 3.05) is 16.7 Å². The van der Waals surface area contributed by atoms with Crippen molar-refractivity contribution in [2.24, 2.45) is 0 Å². The van der Waals surface area contributed by atoms with E-state index >= 15 is 0 Å². The van der Waals surface area contributed by atoms with Crippen LogP contribution in [0.25, 0.3) is 0 Å². The molecule has 0 aliphatic heterocycles. The summed E-state index contributed by atoms with van der Waals surface area (Å²) in [6.45, 7) is 1.09. The Kier molecular flexibility index (Phi) is 6.32. The van der Waals surface area contributed by atoms with E-state index < -0.39 is 0 Å². The van der Waals surface area contributed by atoms with Gasteiger partial charge in [0.15, 0.2) is 5.75 Å². The van der Waals surface area contributed by atoms with Gasteiger partial charge in [-0.2, -0.15) is 4.37 Å². The lowest BCUT2D eigenvalue weighted by Crippen LogP contribution is -2.17. The summed E-state index contributed by atoms with van der Waals surface area (Å²) in [6, 6.07) is 13.3. The predicted molar refractivity (Wildman–Crippen MR) is 106 cm³/mol. The Morgan fingerprint density at radius 1 is 1.31 bits per heavy atom. The van der Waals surface area contributed by atoms with Crippen molar-refractivity contribution >= 4 is 52.4 Å². The maximum Gasteiger partial charge on any atom is 0.298 e. The van der Waals surface area contributed by atoms with Crippen molar-refractivity contribution in [3.8, 4) is 5.75 Å². The number of aromatic nitrogens is 2. The Morgan fingerprint density at radius 3 is 2.81 bits per heavy atom. The summed E-state index contributed by atoms with van der Waals surface area (Å²) in [6.07, 6.45) is 1.49. The molecule has 9 heteroatoms. The Labute approximate surface area is 164 Å². The van der Waals surface area contributed by atoms with Crippen LogP contribution in [-0.4, -0.2) is 22.9 Å². The number of carbonyl (C=O) groups is 1. The van der Waals surface area contributed by atoms with Crippen molar-refractivity contribution in [3.05, 3.63) is 59.4 Å². The molecule has 6 nitrogen and oxygen atoms in total. The van der Waals surface area contributed by atoms with Crippen LogP contribution in [0.5, 0.6) is 5.75 Å². The van der Waals surface area contributed by atoms with Crippen LogP contribution >= 0.6 is 35.1 Å². The number of ether oxygens (including phenoxy) is 1. The molecule has 2 aromatic carbocycles. The van der Waals surface area contributed by atoms with Crippen molar-refractivity contribution in [3.63, 3.8) is 0 Å². The van der Waals surface area contributed by atoms with Gasteiger partial charge in [-0.3, -0.25) is 4.79 Å². The van der Waals surface area contributed by atoms with E-state index in [1.807, 2.05) is 48.3 Å². The number of anilines is 2. The lowest BCUT2D eigenvalue weighted by molar-refractivity contribution is -0.120. The first kappa shape index (κ1) is 18.5. The van der Waals surface area contributed by atoms with Crippen LogP contribution in [0.4, 0.5) is 10.8 Å². The van der Waals surface area contributed by atoms with Crippen LogP contribution in [0.15, 0.2) is 53.7 Å². The summed E-state index contributed by atoms with van der Waals surface area (Å²) in [5.41, 5.74) is 1.91. The Hall–Kier alpha value is -2.29. The normalized spacial score (nSPS) is 10.4. The highest BCUT2D eigenvalue weighted by atomic mass is 35.5. The first-order valence-corrected chi connectivity index (χ1v) is 9.52. The third-order valence-electron chi connectivity index (χ3n) is 3.47. The summed E-state index contributed by atoms with van der Waals surface area (Å²) in [5.74, 6) is 0.487. The molecule has 0 bridgehead atoms. The molecule has 3 aromatic rings. The summed E-state index contributed by atoms with van der Waals surface area (Å²) < 4.78 is 12.2. The molecule has 3 rings (SSSR count). The first-order valence-electron chi connectivity index (χ1n) is 7.55. The fraction of sp³-hybridized carbons (Fsp3) is 0.118. The van der Waals surface area contributed by atoms with E-state index in [4.69, 9.17) is 16.3 Å². The lowest BCUT2D eigenvalue weighted by atomic mass is 10.2. The number of benzene rings is 2. The van der Waals surface area contributed by atoms with Gasteiger partial charge in [-0.15, -0.1) is 0 Å². The number of rotatable bonds is 8. The summed E-state index contributed by atoms with van der Waals surface area (Å²) >= 11 is 8.57. The molecule has 0 saturated carbocycles. The Morgan fingerprint density at radius 2 is 2.12 bits per heavy atom. The van der Waals surface area contributed by atoms with Crippen molar-refractivity contribution in [1.29, 1.82) is 0 Å². The average Bonchev–Trinajstić information content (AvgIpc) is 3.16. The molecule has 1 N–H and O–H groups in total. The van der Waals surface area contributed by atoms with E-state index in [0.717, 1.165) is 16.1 Å². The topological polar surface area (TPSA) is 67.3 Å². The number of nitrogens with one attached hydrogen (secondary N) is 1. The molecule has 0 fully saturated rings. The number of halogens is 1. The molecule has 134 valence electrons. The van der Waals surface area contributed by atoms with Gasteiger partial charge in [0, 0.05) is 35.0 Å². The lowest BCUT2D eigenvalue weighted by Gasteiger charge is -2.22. The Balaban J connectivity index is 1.74. The van der Waals surface area contributed by atoms with Gasteiger partial charge in [0.25, 0.3) is 6.47 Å². The zero-order valence-electron chi connectivity index (χ0n) is 13.8. The van der Waals surface area contributed by atoms with Crippen LogP contribution in [-0.2, 0) is 11.3 Å². The molecular formula is C17H15ClN4O2S2. The average molecular weight is 407 g/mol. The van der Waals surface area contributed by atoms with Crippen LogP contribution in [0.2, 0.25) is 5.02 Å². The second-order valence-corrected chi connectivity index (χ2v) is 7.37. The van der Waals surface area contributed by atoms with Crippen molar-refractivity contribution in [2.45, 2.75) is 11.4 Å². The number of hydrogen-bond acceptors (Lipinski definition) is 8.